The minimum atomic E-state index is 0.0439. The van der Waals surface area contributed by atoms with Gasteiger partial charge in [-0.15, -0.1) is 0 Å². The number of nitrogens with one attached hydrogen (secondary N) is 1. The summed E-state index contributed by atoms with van der Waals surface area (Å²) in [5.41, 5.74) is 1.38. The Kier molecular flexibility index (Phi) is 6.16. The van der Waals surface area contributed by atoms with E-state index in [4.69, 9.17) is 35.3 Å². The van der Waals surface area contributed by atoms with Gasteiger partial charge in [-0.05, 0) is 12.1 Å². The van der Waals surface area contributed by atoms with E-state index in [2.05, 4.69) is 15.3 Å². The van der Waals surface area contributed by atoms with Crippen molar-refractivity contribution in [2.45, 2.75) is 25.0 Å². The van der Waals surface area contributed by atoms with Crippen molar-refractivity contribution < 1.29 is 23.7 Å². The first-order valence-corrected chi connectivity index (χ1v) is 11.0. The summed E-state index contributed by atoms with van der Waals surface area (Å²) in [4.78, 5) is 8.95. The third-order valence-corrected chi connectivity index (χ3v) is 5.73. The maximum absolute atomic E-state index is 6.42. The Bertz CT molecular complexity index is 1100. The molecule has 3 heterocycles. The van der Waals surface area contributed by atoms with Crippen LogP contribution in [-0.4, -0.2) is 55.7 Å². The number of halogens is 1. The number of anilines is 2. The normalized spacial score (nSPS) is 18.4. The van der Waals surface area contributed by atoms with Crippen LogP contribution < -0.4 is 19.5 Å². The monoisotopic (exact) mass is 457 g/mol. The van der Waals surface area contributed by atoms with Gasteiger partial charge in [0.05, 0.1) is 48.5 Å². The minimum Gasteiger partial charge on any atom is -0.497 e. The van der Waals surface area contributed by atoms with Crippen LogP contribution in [-0.2, 0) is 9.47 Å². The number of hydrogen-bond donors (Lipinski definition) is 1. The predicted octanol–water partition coefficient (Wildman–Crippen LogP) is 4.37. The molecule has 1 N–H and O–H groups in total. The quantitative estimate of drug-likeness (QED) is 0.499. The van der Waals surface area contributed by atoms with Crippen molar-refractivity contribution in [2.24, 2.45) is 0 Å². The molecule has 0 unspecified atom stereocenters. The molecule has 5 rings (SSSR count). The first-order chi connectivity index (χ1) is 15.7. The van der Waals surface area contributed by atoms with E-state index in [0.717, 1.165) is 24.8 Å². The maximum atomic E-state index is 6.42. The molecule has 0 amide bonds. The Balaban J connectivity index is 1.53. The van der Waals surface area contributed by atoms with E-state index >= 15 is 0 Å². The van der Waals surface area contributed by atoms with Gasteiger partial charge >= 0.3 is 0 Å². The van der Waals surface area contributed by atoms with E-state index in [9.17, 15) is 0 Å². The fraction of sp³-hybridized carbons (Fsp3) is 0.391. The van der Waals surface area contributed by atoms with Crippen molar-refractivity contribution in [1.82, 2.24) is 9.97 Å². The average Bonchev–Trinajstić information content (AvgIpc) is 3.64. The lowest BCUT2D eigenvalue weighted by molar-refractivity contribution is 0.0261. The molecular formula is C23H24ClN3O5. The number of nitrogens with zero attached hydrogens (tertiary/aromatic N) is 2. The summed E-state index contributed by atoms with van der Waals surface area (Å²) >= 11 is 6.41. The van der Waals surface area contributed by atoms with E-state index in [1.165, 1.54) is 6.33 Å². The zero-order chi connectivity index (χ0) is 21.9. The second kappa shape index (κ2) is 9.36. The van der Waals surface area contributed by atoms with E-state index in [-0.39, 0.29) is 12.2 Å². The van der Waals surface area contributed by atoms with Crippen LogP contribution in [0.15, 0.2) is 36.7 Å². The number of methoxy groups -OCH3 is 1. The summed E-state index contributed by atoms with van der Waals surface area (Å²) < 4.78 is 28.4. The molecule has 32 heavy (non-hydrogen) atoms. The standard InChI is InChI=1S/C23H24ClN3O5/c1-28-15-2-3-18(24)19(8-15)27-23-22-20(25-13-26-23)9-16(30-11-17-12-31-17)10-21(22)32-14-4-6-29-7-5-14/h2-3,8-10,13-14,17H,4-7,11-12H2,1H3,(H,25,26,27)/t17-/m0/s1. The molecule has 0 saturated carbocycles. The zero-order valence-corrected chi connectivity index (χ0v) is 18.4. The summed E-state index contributed by atoms with van der Waals surface area (Å²) in [7, 11) is 1.61. The third kappa shape index (κ3) is 4.82. The molecule has 2 aliphatic rings. The SMILES string of the molecule is COc1ccc(Cl)c(Nc2ncnc3cc(OC[C@H]4CO4)cc(OC4CCOCC4)c23)c1. The Hall–Kier alpha value is -2.81. The first kappa shape index (κ1) is 21.1. The van der Waals surface area contributed by atoms with Gasteiger partial charge in [0.25, 0.3) is 0 Å². The highest BCUT2D eigenvalue weighted by Gasteiger charge is 2.24. The summed E-state index contributed by atoms with van der Waals surface area (Å²) in [5.74, 6) is 2.61. The van der Waals surface area contributed by atoms with Gasteiger partial charge in [-0.25, -0.2) is 9.97 Å². The van der Waals surface area contributed by atoms with Crippen LogP contribution in [0.2, 0.25) is 5.02 Å². The second-order valence-electron chi connectivity index (χ2n) is 7.70. The van der Waals surface area contributed by atoms with Crippen molar-refractivity contribution in [2.75, 3.05) is 38.9 Å². The maximum Gasteiger partial charge on any atom is 0.145 e. The molecule has 0 bridgehead atoms. The smallest absolute Gasteiger partial charge is 0.145 e. The van der Waals surface area contributed by atoms with Gasteiger partial charge in [-0.1, -0.05) is 11.6 Å². The topological polar surface area (TPSA) is 87.3 Å². The summed E-state index contributed by atoms with van der Waals surface area (Å²) in [5, 5.41) is 4.63. The van der Waals surface area contributed by atoms with Gasteiger partial charge < -0.3 is 29.0 Å². The second-order valence-corrected chi connectivity index (χ2v) is 8.11. The lowest BCUT2D eigenvalue weighted by Gasteiger charge is -2.24. The van der Waals surface area contributed by atoms with E-state index in [1.807, 2.05) is 18.2 Å². The molecule has 2 saturated heterocycles. The molecule has 2 aliphatic heterocycles. The Morgan fingerprint density at radius 2 is 1.97 bits per heavy atom. The number of ether oxygens (including phenoxy) is 5. The van der Waals surface area contributed by atoms with Gasteiger partial charge in [-0.3, -0.25) is 0 Å². The number of rotatable bonds is 8. The van der Waals surface area contributed by atoms with E-state index < -0.39 is 0 Å². The fourth-order valence-corrected chi connectivity index (χ4v) is 3.75. The number of benzene rings is 2. The largest absolute Gasteiger partial charge is 0.497 e. The van der Waals surface area contributed by atoms with Crippen molar-refractivity contribution in [3.05, 3.63) is 41.7 Å². The Labute approximate surface area is 190 Å². The number of epoxide rings is 1. The van der Waals surface area contributed by atoms with Gasteiger partial charge in [0, 0.05) is 31.0 Å². The van der Waals surface area contributed by atoms with Crippen molar-refractivity contribution in [1.29, 1.82) is 0 Å². The minimum absolute atomic E-state index is 0.0439. The van der Waals surface area contributed by atoms with E-state index in [1.54, 1.807) is 19.2 Å². The predicted molar refractivity (Wildman–Crippen MR) is 121 cm³/mol. The lowest BCUT2D eigenvalue weighted by Crippen LogP contribution is -2.26. The van der Waals surface area contributed by atoms with Crippen LogP contribution >= 0.6 is 11.6 Å². The highest BCUT2D eigenvalue weighted by Crippen LogP contribution is 2.38. The highest BCUT2D eigenvalue weighted by atomic mass is 35.5. The molecule has 1 atom stereocenters. The van der Waals surface area contributed by atoms with Crippen molar-refractivity contribution in [3.8, 4) is 17.2 Å². The van der Waals surface area contributed by atoms with Crippen molar-refractivity contribution >= 4 is 34.0 Å². The Morgan fingerprint density at radius 3 is 2.75 bits per heavy atom. The molecule has 1 aromatic heterocycles. The van der Waals surface area contributed by atoms with Gasteiger partial charge in [-0.2, -0.15) is 0 Å². The van der Waals surface area contributed by atoms with Crippen LogP contribution in [0.1, 0.15) is 12.8 Å². The average molecular weight is 458 g/mol. The van der Waals surface area contributed by atoms with Gasteiger partial charge in [0.1, 0.15) is 48.2 Å². The zero-order valence-electron chi connectivity index (χ0n) is 17.7. The molecule has 0 spiro atoms. The Morgan fingerprint density at radius 1 is 1.12 bits per heavy atom. The number of hydrogen-bond acceptors (Lipinski definition) is 8. The fourth-order valence-electron chi connectivity index (χ4n) is 3.58. The molecule has 3 aromatic rings. The summed E-state index contributed by atoms with van der Waals surface area (Å²) in [6.07, 6.45) is 3.34. The molecule has 2 aromatic carbocycles. The molecule has 168 valence electrons. The van der Waals surface area contributed by atoms with Crippen LogP contribution in [0.5, 0.6) is 17.2 Å². The van der Waals surface area contributed by atoms with Crippen LogP contribution in [0.4, 0.5) is 11.5 Å². The summed E-state index contributed by atoms with van der Waals surface area (Å²) in [6, 6.07) is 9.18. The molecule has 8 nitrogen and oxygen atoms in total. The number of aromatic nitrogens is 2. The molecular weight excluding hydrogens is 434 g/mol. The van der Waals surface area contributed by atoms with Crippen LogP contribution in [0, 0.1) is 0 Å². The van der Waals surface area contributed by atoms with Gasteiger partial charge in [0.2, 0.25) is 0 Å². The van der Waals surface area contributed by atoms with E-state index in [0.29, 0.717) is 59.1 Å². The van der Waals surface area contributed by atoms with Crippen LogP contribution in [0.25, 0.3) is 10.9 Å². The van der Waals surface area contributed by atoms with Crippen LogP contribution in [0.3, 0.4) is 0 Å². The number of fused-ring (bicyclic) bond motifs is 1. The molecule has 0 aliphatic carbocycles. The first-order valence-electron chi connectivity index (χ1n) is 10.6. The molecule has 0 radical (unpaired) electrons. The lowest BCUT2D eigenvalue weighted by atomic mass is 10.1. The molecule has 2 fully saturated rings. The highest BCUT2D eigenvalue weighted by molar-refractivity contribution is 6.33. The van der Waals surface area contributed by atoms with Gasteiger partial charge in [0.15, 0.2) is 0 Å². The third-order valence-electron chi connectivity index (χ3n) is 5.40. The summed E-state index contributed by atoms with van der Waals surface area (Å²) in [6.45, 7) is 2.59. The molecule has 9 heteroatoms. The van der Waals surface area contributed by atoms with Crippen molar-refractivity contribution in [3.63, 3.8) is 0 Å².